The second-order valence-corrected chi connectivity index (χ2v) is 2.32. The van der Waals surface area contributed by atoms with Crippen molar-refractivity contribution in [1.82, 2.24) is 0 Å². The predicted octanol–water partition coefficient (Wildman–Crippen LogP) is -0.834. The van der Waals surface area contributed by atoms with E-state index in [2.05, 4.69) is 0 Å². The fourth-order valence-corrected chi connectivity index (χ4v) is 0. The summed E-state index contributed by atoms with van der Waals surface area (Å²) in [5.41, 5.74) is 0. The van der Waals surface area contributed by atoms with E-state index in [4.69, 9.17) is 0 Å². The van der Waals surface area contributed by atoms with Gasteiger partial charge in [-0.2, -0.15) is 0 Å². The molecule has 0 N–H and O–H groups in total. The van der Waals surface area contributed by atoms with Gasteiger partial charge in [-0.05, 0) is 0 Å². The molecule has 1 atom stereocenters. The summed E-state index contributed by atoms with van der Waals surface area (Å²) in [6.45, 7) is 1.56. The fraction of sp³-hybridized carbons (Fsp3) is 0.500. The van der Waals surface area contributed by atoms with E-state index in [0.717, 1.165) is 16.9 Å². The van der Waals surface area contributed by atoms with Crippen molar-refractivity contribution in [3.63, 3.8) is 0 Å². The molecule has 1 unspecified atom stereocenters. The maximum atomic E-state index is 9.47. The summed E-state index contributed by atoms with van der Waals surface area (Å²) in [6.07, 6.45) is 0. The van der Waals surface area contributed by atoms with Crippen LogP contribution in [0.25, 0.3) is 0 Å². The van der Waals surface area contributed by atoms with Crippen LogP contribution in [0.5, 0.6) is 0 Å². The Hall–Kier alpha value is 0.228. The zero-order chi connectivity index (χ0) is 3.58. The summed E-state index contributed by atoms with van der Waals surface area (Å²) in [6, 6.07) is 0. The topological polar surface area (TPSA) is 17.1 Å². The SMILES string of the molecule is CC(=O)[AsH2]. The Morgan fingerprint density at radius 1 is 2.00 bits per heavy atom. The number of carbonyl (C=O) groups excluding carboxylic acids is 1. The molecular formula is C2H5AsO. The Kier molecular flexibility index (Phi) is 1.63. The van der Waals surface area contributed by atoms with Crippen LogP contribution in [0.2, 0.25) is 0 Å². The Bertz CT molecular complexity index is 29.0. The van der Waals surface area contributed by atoms with Gasteiger partial charge in [-0.25, -0.2) is 0 Å². The second kappa shape index (κ2) is 1.54. The van der Waals surface area contributed by atoms with Crippen LogP contribution in [-0.2, 0) is 4.79 Å². The van der Waals surface area contributed by atoms with Crippen LogP contribution in [0.3, 0.4) is 0 Å². The monoisotopic (exact) mass is 120 g/mol. The fourth-order valence-electron chi connectivity index (χ4n) is 0. The maximum absolute atomic E-state index is 9.47. The molecule has 2 heteroatoms. The van der Waals surface area contributed by atoms with Crippen molar-refractivity contribution < 1.29 is 4.79 Å². The average molecular weight is 120 g/mol. The molecule has 0 aliphatic heterocycles. The van der Waals surface area contributed by atoms with Crippen molar-refractivity contribution in [3.8, 4) is 0 Å². The van der Waals surface area contributed by atoms with Crippen LogP contribution in [0.4, 0.5) is 0 Å². The van der Waals surface area contributed by atoms with Gasteiger partial charge in [-0.15, -0.1) is 0 Å². The van der Waals surface area contributed by atoms with E-state index in [1.165, 1.54) is 0 Å². The molecule has 1 nitrogen and oxygen atoms in total. The van der Waals surface area contributed by atoms with Gasteiger partial charge in [-0.1, -0.05) is 0 Å². The molecule has 0 aliphatic carbocycles. The third-order valence-electron chi connectivity index (χ3n) is 0. The summed E-state index contributed by atoms with van der Waals surface area (Å²) in [4.78, 5) is 9.47. The third kappa shape index (κ3) is 64.4. The second-order valence-electron chi connectivity index (χ2n) is 0.611. The van der Waals surface area contributed by atoms with E-state index >= 15 is 0 Å². The normalized spacial score (nSPS) is 6.50. The van der Waals surface area contributed by atoms with E-state index < -0.39 is 0 Å². The van der Waals surface area contributed by atoms with Crippen LogP contribution in [-0.4, -0.2) is 21.4 Å². The predicted molar refractivity (Wildman–Crippen MR) is 19.2 cm³/mol. The molecule has 0 saturated carbocycles. The van der Waals surface area contributed by atoms with Gasteiger partial charge in [0.25, 0.3) is 0 Å². The Morgan fingerprint density at radius 3 is 2.00 bits per heavy atom. The molecule has 0 radical (unpaired) electrons. The third-order valence-corrected chi connectivity index (χ3v) is 0. The van der Waals surface area contributed by atoms with E-state index in [1.807, 2.05) is 0 Å². The van der Waals surface area contributed by atoms with Crippen molar-refractivity contribution in [1.29, 1.82) is 0 Å². The van der Waals surface area contributed by atoms with Gasteiger partial charge in [0, 0.05) is 0 Å². The van der Waals surface area contributed by atoms with Gasteiger partial charge < -0.3 is 0 Å². The quantitative estimate of drug-likeness (QED) is 0.381. The number of carbonyl (C=O) groups is 1. The van der Waals surface area contributed by atoms with Crippen molar-refractivity contribution in [2.45, 2.75) is 6.92 Å². The average Bonchev–Trinajstić information content (AvgIpc) is 0.811. The summed E-state index contributed by atoms with van der Waals surface area (Å²) in [7, 11) is 0. The minimum absolute atomic E-state index is 0.229. The van der Waals surface area contributed by atoms with Gasteiger partial charge in [0.15, 0.2) is 0 Å². The minimum atomic E-state index is 0.229. The molecule has 0 spiro atoms. The van der Waals surface area contributed by atoms with Crippen LogP contribution in [0.15, 0.2) is 0 Å². The van der Waals surface area contributed by atoms with Gasteiger partial charge in [0.1, 0.15) is 0 Å². The van der Waals surface area contributed by atoms with Crippen LogP contribution >= 0.6 is 0 Å². The first kappa shape index (κ1) is 4.23. The number of hydrogen-bond acceptors (Lipinski definition) is 1. The zero-order valence-corrected chi connectivity index (χ0v) is 4.91. The molecule has 0 bridgehead atoms. The van der Waals surface area contributed by atoms with E-state index in [1.54, 1.807) is 6.92 Å². The Balaban J connectivity index is 2.80. The van der Waals surface area contributed by atoms with Gasteiger partial charge in [0.05, 0.1) is 0 Å². The molecule has 4 heavy (non-hydrogen) atoms. The molecule has 0 aromatic rings. The summed E-state index contributed by atoms with van der Waals surface area (Å²) in [5, 5.41) is 0. The van der Waals surface area contributed by atoms with Crippen molar-refractivity contribution in [3.05, 3.63) is 0 Å². The summed E-state index contributed by atoms with van der Waals surface area (Å²) >= 11 is 1.16. The molecule has 0 aliphatic rings. The standard InChI is InChI=1S/C2H5AsO/c1-2(3)4/h3H2,1H3. The Morgan fingerprint density at radius 2 is 2.00 bits per heavy atom. The molecule has 0 aromatic heterocycles. The number of hydrogen-bond donors (Lipinski definition) is 0. The molecule has 0 saturated heterocycles. The summed E-state index contributed by atoms with van der Waals surface area (Å²) < 4.78 is 0.229. The molecule has 24 valence electrons. The Labute approximate surface area is 33.9 Å². The van der Waals surface area contributed by atoms with Crippen molar-refractivity contribution in [2.75, 3.05) is 0 Å². The summed E-state index contributed by atoms with van der Waals surface area (Å²) in [5.74, 6) is 0. The van der Waals surface area contributed by atoms with E-state index in [9.17, 15) is 4.79 Å². The first-order valence-corrected chi connectivity index (χ1v) is 2.20. The molecular weight excluding hydrogens is 115 g/mol. The molecule has 0 amide bonds. The molecule has 0 heterocycles. The van der Waals surface area contributed by atoms with Crippen molar-refractivity contribution >= 4 is 21.4 Å². The zero-order valence-electron chi connectivity index (χ0n) is 2.49. The molecule has 0 rings (SSSR count). The first-order valence-electron chi connectivity index (χ1n) is 0.993. The van der Waals surface area contributed by atoms with Crippen LogP contribution < -0.4 is 0 Å². The van der Waals surface area contributed by atoms with Gasteiger partial charge in [0.2, 0.25) is 0 Å². The first-order chi connectivity index (χ1) is 1.73. The van der Waals surface area contributed by atoms with Gasteiger partial charge in [-0.3, -0.25) is 0 Å². The van der Waals surface area contributed by atoms with Gasteiger partial charge >= 0.3 is 33.1 Å². The van der Waals surface area contributed by atoms with Crippen LogP contribution in [0.1, 0.15) is 6.92 Å². The number of rotatable bonds is 0. The van der Waals surface area contributed by atoms with Crippen molar-refractivity contribution in [2.24, 2.45) is 0 Å². The van der Waals surface area contributed by atoms with Crippen LogP contribution in [0, 0.1) is 0 Å². The molecule has 0 fully saturated rings. The molecule has 0 aromatic carbocycles. The van der Waals surface area contributed by atoms with E-state index in [0.29, 0.717) is 0 Å². The van der Waals surface area contributed by atoms with E-state index in [-0.39, 0.29) is 4.57 Å².